The molecule has 3 rings (SSSR count). The third-order valence-electron chi connectivity index (χ3n) is 2.43. The van der Waals surface area contributed by atoms with Crippen LogP contribution in [0.15, 0.2) is 57.7 Å². The summed E-state index contributed by atoms with van der Waals surface area (Å²) < 4.78 is 5.63. The summed E-state index contributed by atoms with van der Waals surface area (Å²) in [6, 6.07) is 14.6. The lowest BCUT2D eigenvalue weighted by atomic mass is 10.1. The van der Waals surface area contributed by atoms with Crippen molar-refractivity contribution in [1.82, 2.24) is 0 Å². The summed E-state index contributed by atoms with van der Waals surface area (Å²) in [5.74, 6) is 0.640. The third-order valence-corrected chi connectivity index (χ3v) is 2.43. The zero-order chi connectivity index (χ0) is 10.3. The number of para-hydroxylation sites is 1. The fourth-order valence-corrected chi connectivity index (χ4v) is 1.70. The normalized spacial score (nSPS) is 10.2. The topological polar surface area (TPSA) is 30.2 Å². The van der Waals surface area contributed by atoms with Crippen molar-refractivity contribution in [2.75, 3.05) is 0 Å². The van der Waals surface area contributed by atoms with Crippen LogP contribution in [0.1, 0.15) is 0 Å². The van der Waals surface area contributed by atoms with Crippen LogP contribution in [-0.2, 0) is 0 Å². The van der Waals surface area contributed by atoms with E-state index in [0.717, 1.165) is 16.5 Å². The van der Waals surface area contributed by atoms with E-state index in [1.807, 2.05) is 30.3 Å². The van der Waals surface area contributed by atoms with Crippen LogP contribution in [0.3, 0.4) is 0 Å². The average molecular weight is 233 g/mol. The Morgan fingerprint density at radius 3 is 2.62 bits per heavy atom. The van der Waals surface area contributed by atoms with E-state index in [1.54, 1.807) is 12.1 Å². The van der Waals surface area contributed by atoms with Gasteiger partial charge in [0.25, 0.3) is 0 Å². The molecule has 3 heteroatoms. The van der Waals surface area contributed by atoms with Gasteiger partial charge in [-0.05, 0) is 24.3 Å². The zero-order valence-corrected chi connectivity index (χ0v) is 9.16. The van der Waals surface area contributed by atoms with Crippen LogP contribution in [-0.4, -0.2) is 0 Å². The van der Waals surface area contributed by atoms with Gasteiger partial charge in [-0.3, -0.25) is 4.79 Å². The van der Waals surface area contributed by atoms with Crippen molar-refractivity contribution in [3.63, 3.8) is 0 Å². The molecule has 80 valence electrons. The molecule has 0 bridgehead atoms. The Morgan fingerprint density at radius 1 is 0.938 bits per heavy atom. The highest BCUT2D eigenvalue weighted by Crippen LogP contribution is 2.26. The molecular formula is C13H9ClO2. The molecule has 1 aliphatic carbocycles. The van der Waals surface area contributed by atoms with E-state index in [2.05, 4.69) is 0 Å². The summed E-state index contributed by atoms with van der Waals surface area (Å²) >= 11 is 0. The van der Waals surface area contributed by atoms with Crippen LogP contribution in [0.4, 0.5) is 0 Å². The van der Waals surface area contributed by atoms with E-state index in [0.29, 0.717) is 5.76 Å². The lowest BCUT2D eigenvalue weighted by Crippen LogP contribution is -1.97. The molecule has 1 aliphatic heterocycles. The van der Waals surface area contributed by atoms with E-state index in [-0.39, 0.29) is 17.8 Å². The Hall–Kier alpha value is -1.80. The second-order valence-electron chi connectivity index (χ2n) is 3.48. The summed E-state index contributed by atoms with van der Waals surface area (Å²) in [6.07, 6.45) is 0. The lowest BCUT2D eigenvalue weighted by molar-refractivity contribution is 0.619. The standard InChI is InChI=1S/C13H8O2.ClH/c14-11-6-5-10-7-9-3-1-2-4-12(9)15-13(10)8-11;/h1-8H;1H. The highest BCUT2D eigenvalue weighted by atomic mass is 35.5. The van der Waals surface area contributed by atoms with E-state index in [9.17, 15) is 4.79 Å². The van der Waals surface area contributed by atoms with Gasteiger partial charge in [0, 0.05) is 17.0 Å². The third kappa shape index (κ3) is 1.68. The summed E-state index contributed by atoms with van der Waals surface area (Å²) in [4.78, 5) is 11.2. The van der Waals surface area contributed by atoms with E-state index < -0.39 is 0 Å². The first-order chi connectivity index (χ1) is 7.33. The molecule has 16 heavy (non-hydrogen) atoms. The van der Waals surface area contributed by atoms with Crippen LogP contribution in [0.2, 0.25) is 0 Å². The van der Waals surface area contributed by atoms with Gasteiger partial charge in [0.15, 0.2) is 5.43 Å². The van der Waals surface area contributed by atoms with Crippen LogP contribution in [0.25, 0.3) is 22.3 Å². The van der Waals surface area contributed by atoms with Crippen LogP contribution in [0.5, 0.6) is 0 Å². The van der Waals surface area contributed by atoms with Gasteiger partial charge in [0.05, 0.1) is 0 Å². The van der Waals surface area contributed by atoms with Gasteiger partial charge in [-0.1, -0.05) is 18.2 Å². The van der Waals surface area contributed by atoms with Crippen molar-refractivity contribution in [3.05, 3.63) is 58.8 Å². The Morgan fingerprint density at radius 2 is 1.75 bits per heavy atom. The highest BCUT2D eigenvalue weighted by Gasteiger charge is 2.06. The molecular weight excluding hydrogens is 224 g/mol. The second kappa shape index (κ2) is 3.99. The molecule has 0 atom stereocenters. The summed E-state index contributed by atoms with van der Waals surface area (Å²) in [7, 11) is 0. The Kier molecular flexibility index (Phi) is 2.67. The number of fused-ring (bicyclic) bond motifs is 2. The molecule has 1 heterocycles. The highest BCUT2D eigenvalue weighted by molar-refractivity contribution is 5.85. The minimum Gasteiger partial charge on any atom is -0.456 e. The minimum atomic E-state index is -0.0264. The molecule has 2 nitrogen and oxygen atoms in total. The Bertz CT molecular complexity index is 657. The van der Waals surface area contributed by atoms with Crippen molar-refractivity contribution in [1.29, 1.82) is 0 Å². The predicted octanol–water partition coefficient (Wildman–Crippen LogP) is 3.32. The minimum absolute atomic E-state index is 0. The van der Waals surface area contributed by atoms with Gasteiger partial charge in [-0.15, -0.1) is 12.4 Å². The molecule has 0 spiro atoms. The molecule has 2 aliphatic rings. The summed E-state index contributed by atoms with van der Waals surface area (Å²) in [6.45, 7) is 0. The largest absolute Gasteiger partial charge is 0.456 e. The van der Waals surface area contributed by atoms with Crippen LogP contribution in [0, 0.1) is 0 Å². The number of halogens is 1. The van der Waals surface area contributed by atoms with Gasteiger partial charge in [0.1, 0.15) is 11.3 Å². The molecule has 0 aromatic heterocycles. The zero-order valence-electron chi connectivity index (χ0n) is 8.34. The lowest BCUT2D eigenvalue weighted by Gasteiger charge is -2.05. The smallest absolute Gasteiger partial charge is 0.182 e. The van der Waals surface area contributed by atoms with Gasteiger partial charge >= 0.3 is 0 Å². The van der Waals surface area contributed by atoms with Crippen molar-refractivity contribution in [2.24, 2.45) is 0 Å². The fraction of sp³-hybridized carbons (Fsp3) is 0. The quantitative estimate of drug-likeness (QED) is 0.557. The molecule has 0 radical (unpaired) electrons. The molecule has 0 N–H and O–H groups in total. The van der Waals surface area contributed by atoms with Crippen molar-refractivity contribution < 1.29 is 4.42 Å². The molecule has 0 fully saturated rings. The van der Waals surface area contributed by atoms with E-state index in [4.69, 9.17) is 4.42 Å². The van der Waals surface area contributed by atoms with Crippen LogP contribution < -0.4 is 5.43 Å². The molecule has 1 aromatic rings. The average Bonchev–Trinajstić information content (AvgIpc) is 2.26. The second-order valence-corrected chi connectivity index (χ2v) is 3.48. The summed E-state index contributed by atoms with van der Waals surface area (Å²) in [5, 5.41) is 1.05. The molecule has 1 aromatic carbocycles. The molecule has 0 saturated carbocycles. The van der Waals surface area contributed by atoms with Crippen molar-refractivity contribution in [3.8, 4) is 11.3 Å². The number of rotatable bonds is 0. The Labute approximate surface area is 98.3 Å². The van der Waals surface area contributed by atoms with Gasteiger partial charge in [0.2, 0.25) is 0 Å². The Balaban J connectivity index is 0.000000963. The first-order valence-corrected chi connectivity index (χ1v) is 4.76. The summed E-state index contributed by atoms with van der Waals surface area (Å²) in [5.41, 5.74) is 1.73. The van der Waals surface area contributed by atoms with Gasteiger partial charge < -0.3 is 4.42 Å². The van der Waals surface area contributed by atoms with Crippen molar-refractivity contribution >= 4 is 23.4 Å². The maximum absolute atomic E-state index is 11.2. The fourth-order valence-electron chi connectivity index (χ4n) is 1.70. The monoisotopic (exact) mass is 232 g/mol. The van der Waals surface area contributed by atoms with Gasteiger partial charge in [-0.25, -0.2) is 0 Å². The van der Waals surface area contributed by atoms with Gasteiger partial charge in [-0.2, -0.15) is 0 Å². The number of hydrogen-bond acceptors (Lipinski definition) is 2. The maximum Gasteiger partial charge on any atom is 0.182 e. The maximum atomic E-state index is 11.2. The number of hydrogen-bond donors (Lipinski definition) is 0. The van der Waals surface area contributed by atoms with Crippen molar-refractivity contribution in [2.45, 2.75) is 0 Å². The predicted molar refractivity (Wildman–Crippen MR) is 66.4 cm³/mol. The first kappa shape index (κ1) is 10.7. The van der Waals surface area contributed by atoms with Crippen LogP contribution >= 0.6 is 12.4 Å². The van der Waals surface area contributed by atoms with E-state index in [1.165, 1.54) is 6.07 Å². The molecule has 0 amide bonds. The van der Waals surface area contributed by atoms with E-state index >= 15 is 0 Å². The molecule has 0 unspecified atom stereocenters. The number of benzene rings is 2. The molecule has 0 saturated heterocycles. The SMILES string of the molecule is Cl.O=c1ccc2cc3ccccc3oc-2c1. The first-order valence-electron chi connectivity index (χ1n) is 4.76.